The number of hydrogen-bond donors (Lipinski definition) is 1. The van der Waals surface area contributed by atoms with Crippen molar-refractivity contribution in [2.24, 2.45) is 0 Å². The number of aromatic nitrogens is 3. The van der Waals surface area contributed by atoms with E-state index in [0.29, 0.717) is 44.7 Å². The first-order valence-corrected chi connectivity index (χ1v) is 8.96. The van der Waals surface area contributed by atoms with Crippen molar-refractivity contribution in [2.75, 3.05) is 18.2 Å². The number of benzene rings is 2. The van der Waals surface area contributed by atoms with Crippen LogP contribution in [0.2, 0.25) is 10.0 Å². The van der Waals surface area contributed by atoms with Crippen molar-refractivity contribution < 1.29 is 9.13 Å². The molecule has 0 saturated carbocycles. The average molecular weight is 399 g/mol. The van der Waals surface area contributed by atoms with Crippen molar-refractivity contribution in [3.05, 3.63) is 58.3 Å². The lowest BCUT2D eigenvalue weighted by molar-refractivity contribution is 0.343. The topological polar surface area (TPSA) is 66.0 Å². The molecule has 0 radical (unpaired) electrons. The van der Waals surface area contributed by atoms with E-state index in [0.717, 1.165) is 0 Å². The highest BCUT2D eigenvalue weighted by Crippen LogP contribution is 2.30. The van der Waals surface area contributed by atoms with Crippen LogP contribution >= 0.6 is 35.0 Å². The lowest BCUT2D eigenvalue weighted by Gasteiger charge is -2.07. The van der Waals surface area contributed by atoms with Gasteiger partial charge in [-0.05, 0) is 42.5 Å². The van der Waals surface area contributed by atoms with Gasteiger partial charge in [-0.2, -0.15) is 0 Å². The van der Waals surface area contributed by atoms with Crippen molar-refractivity contribution in [1.29, 1.82) is 0 Å². The maximum absolute atomic E-state index is 12.8. The van der Waals surface area contributed by atoms with Crippen LogP contribution in [0.1, 0.15) is 0 Å². The molecule has 25 heavy (non-hydrogen) atoms. The average Bonchev–Trinajstić information content (AvgIpc) is 2.94. The van der Waals surface area contributed by atoms with Crippen LogP contribution in [0.4, 0.5) is 4.39 Å². The summed E-state index contributed by atoms with van der Waals surface area (Å²) in [6.07, 6.45) is 0. The third kappa shape index (κ3) is 4.36. The van der Waals surface area contributed by atoms with Crippen LogP contribution in [0.3, 0.4) is 0 Å². The standard InChI is InChI=1S/C16H13Cl2FN4OS/c17-10-1-6-13(14(18)9-10)15-21-22-16(23(15)20)25-8-7-24-12-4-2-11(19)3-5-12/h1-6,9H,7-8,20H2. The van der Waals surface area contributed by atoms with Crippen molar-refractivity contribution in [3.8, 4) is 17.1 Å². The first kappa shape index (κ1) is 17.8. The molecule has 0 aliphatic heterocycles. The van der Waals surface area contributed by atoms with Gasteiger partial charge in [0, 0.05) is 16.3 Å². The molecule has 0 amide bonds. The molecule has 0 unspecified atom stereocenters. The zero-order valence-corrected chi connectivity index (χ0v) is 15.2. The van der Waals surface area contributed by atoms with Crippen LogP contribution in [0.15, 0.2) is 47.6 Å². The fraction of sp³-hybridized carbons (Fsp3) is 0.125. The van der Waals surface area contributed by atoms with Gasteiger partial charge in [-0.1, -0.05) is 35.0 Å². The highest BCUT2D eigenvalue weighted by Gasteiger charge is 2.15. The minimum atomic E-state index is -0.300. The Hall–Kier alpha value is -1.96. The molecule has 1 aromatic heterocycles. The van der Waals surface area contributed by atoms with Gasteiger partial charge in [0.25, 0.3) is 0 Å². The maximum Gasteiger partial charge on any atom is 0.210 e. The van der Waals surface area contributed by atoms with Gasteiger partial charge in [0.05, 0.1) is 11.6 Å². The molecule has 9 heteroatoms. The second-order valence-electron chi connectivity index (χ2n) is 4.95. The van der Waals surface area contributed by atoms with E-state index in [4.69, 9.17) is 33.8 Å². The summed E-state index contributed by atoms with van der Waals surface area (Å²) in [5.41, 5.74) is 0.649. The van der Waals surface area contributed by atoms with E-state index in [1.165, 1.54) is 28.6 Å². The van der Waals surface area contributed by atoms with Gasteiger partial charge in [-0.15, -0.1) is 10.2 Å². The predicted molar refractivity (Wildman–Crippen MR) is 98.2 cm³/mol. The quantitative estimate of drug-likeness (QED) is 0.381. The summed E-state index contributed by atoms with van der Waals surface area (Å²) < 4.78 is 19.7. The summed E-state index contributed by atoms with van der Waals surface area (Å²) in [6, 6.07) is 10.9. The van der Waals surface area contributed by atoms with Crippen LogP contribution in [-0.4, -0.2) is 27.2 Å². The molecule has 0 saturated heterocycles. The van der Waals surface area contributed by atoms with Gasteiger partial charge >= 0.3 is 0 Å². The summed E-state index contributed by atoms with van der Waals surface area (Å²) in [7, 11) is 0. The van der Waals surface area contributed by atoms with Crippen LogP contribution < -0.4 is 10.6 Å². The van der Waals surface area contributed by atoms with Crippen LogP contribution in [0.5, 0.6) is 5.75 Å². The van der Waals surface area contributed by atoms with Crippen LogP contribution in [-0.2, 0) is 0 Å². The number of rotatable bonds is 6. The fourth-order valence-electron chi connectivity index (χ4n) is 2.05. The third-order valence-corrected chi connectivity index (χ3v) is 4.69. The second-order valence-corrected chi connectivity index (χ2v) is 6.86. The fourth-order valence-corrected chi connectivity index (χ4v) is 3.22. The highest BCUT2D eigenvalue weighted by atomic mass is 35.5. The molecule has 2 N–H and O–H groups in total. The van der Waals surface area contributed by atoms with E-state index in [-0.39, 0.29) is 5.82 Å². The number of hydrogen-bond acceptors (Lipinski definition) is 5. The first-order chi connectivity index (χ1) is 12.0. The number of ether oxygens (including phenoxy) is 1. The summed E-state index contributed by atoms with van der Waals surface area (Å²) in [6.45, 7) is 0.417. The predicted octanol–water partition coefficient (Wildman–Crippen LogP) is 4.28. The first-order valence-electron chi connectivity index (χ1n) is 7.21. The molecular formula is C16H13Cl2FN4OS. The third-order valence-electron chi connectivity index (χ3n) is 3.23. The monoisotopic (exact) mass is 398 g/mol. The Morgan fingerprint density at radius 3 is 2.60 bits per heavy atom. The number of halogens is 3. The van der Waals surface area contributed by atoms with Gasteiger partial charge in [-0.3, -0.25) is 0 Å². The van der Waals surface area contributed by atoms with Crippen LogP contribution in [0.25, 0.3) is 11.4 Å². The van der Waals surface area contributed by atoms with E-state index in [9.17, 15) is 4.39 Å². The largest absolute Gasteiger partial charge is 0.493 e. The van der Waals surface area contributed by atoms with Crippen molar-refractivity contribution in [2.45, 2.75) is 5.16 Å². The van der Waals surface area contributed by atoms with Crippen molar-refractivity contribution >= 4 is 35.0 Å². The molecule has 0 aliphatic carbocycles. The maximum atomic E-state index is 12.8. The summed E-state index contributed by atoms with van der Waals surface area (Å²) in [5.74, 6) is 7.40. The molecule has 5 nitrogen and oxygen atoms in total. The van der Waals surface area contributed by atoms with Gasteiger partial charge in [-0.25, -0.2) is 9.07 Å². The SMILES string of the molecule is Nn1c(SCCOc2ccc(F)cc2)nnc1-c1ccc(Cl)cc1Cl. The number of nitrogens with zero attached hydrogens (tertiary/aromatic N) is 3. The molecule has 0 aliphatic rings. The molecule has 2 aromatic carbocycles. The molecule has 3 aromatic rings. The number of thioether (sulfide) groups is 1. The Bertz CT molecular complexity index is 873. The van der Waals surface area contributed by atoms with E-state index in [1.54, 1.807) is 30.3 Å². The smallest absolute Gasteiger partial charge is 0.210 e. The molecule has 0 bridgehead atoms. The van der Waals surface area contributed by atoms with Crippen molar-refractivity contribution in [1.82, 2.24) is 14.9 Å². The Morgan fingerprint density at radius 1 is 1.12 bits per heavy atom. The zero-order chi connectivity index (χ0) is 17.8. The molecule has 130 valence electrons. The lowest BCUT2D eigenvalue weighted by atomic mass is 10.2. The van der Waals surface area contributed by atoms with E-state index in [2.05, 4.69) is 10.2 Å². The molecule has 0 fully saturated rings. The zero-order valence-electron chi connectivity index (χ0n) is 12.8. The molecule has 1 heterocycles. The summed E-state index contributed by atoms with van der Waals surface area (Å²) >= 11 is 13.5. The molecule has 0 atom stereocenters. The van der Waals surface area contributed by atoms with E-state index in [1.807, 2.05) is 0 Å². The highest BCUT2D eigenvalue weighted by molar-refractivity contribution is 7.99. The summed E-state index contributed by atoms with van der Waals surface area (Å²) in [5, 5.41) is 9.66. The van der Waals surface area contributed by atoms with Gasteiger partial charge in [0.15, 0.2) is 5.82 Å². The van der Waals surface area contributed by atoms with Gasteiger partial charge < -0.3 is 10.6 Å². The van der Waals surface area contributed by atoms with E-state index >= 15 is 0 Å². The minimum absolute atomic E-state index is 0.300. The minimum Gasteiger partial charge on any atom is -0.493 e. The lowest BCUT2D eigenvalue weighted by Crippen LogP contribution is -2.12. The Morgan fingerprint density at radius 2 is 1.88 bits per heavy atom. The van der Waals surface area contributed by atoms with Crippen molar-refractivity contribution in [3.63, 3.8) is 0 Å². The summed E-state index contributed by atoms with van der Waals surface area (Å²) in [4.78, 5) is 0. The number of nitrogen functional groups attached to an aromatic ring is 1. The van der Waals surface area contributed by atoms with Crippen LogP contribution in [0, 0.1) is 5.82 Å². The van der Waals surface area contributed by atoms with E-state index < -0.39 is 0 Å². The normalized spacial score (nSPS) is 10.8. The Kier molecular flexibility index (Phi) is 5.67. The molecular weight excluding hydrogens is 386 g/mol. The van der Waals surface area contributed by atoms with Gasteiger partial charge in [0.1, 0.15) is 11.6 Å². The Balaban J connectivity index is 1.60. The van der Waals surface area contributed by atoms with Gasteiger partial charge in [0.2, 0.25) is 5.16 Å². The molecule has 3 rings (SSSR count). The Labute approximate surface area is 157 Å². The second kappa shape index (κ2) is 7.95. The molecule has 0 spiro atoms. The number of nitrogens with two attached hydrogens (primary N) is 1.